The van der Waals surface area contributed by atoms with Gasteiger partial charge in [-0.3, -0.25) is 9.59 Å². The lowest BCUT2D eigenvalue weighted by atomic mass is 10.1. The van der Waals surface area contributed by atoms with Crippen molar-refractivity contribution in [1.29, 1.82) is 0 Å². The lowest BCUT2D eigenvalue weighted by Gasteiger charge is -2.14. The molecule has 0 aliphatic carbocycles. The van der Waals surface area contributed by atoms with Crippen molar-refractivity contribution in [3.63, 3.8) is 0 Å². The highest BCUT2D eigenvalue weighted by molar-refractivity contribution is 5.93. The van der Waals surface area contributed by atoms with E-state index in [0.29, 0.717) is 16.5 Å². The summed E-state index contributed by atoms with van der Waals surface area (Å²) >= 11 is 0. The molecule has 0 fully saturated rings. The molecule has 1 N–H and O–H groups in total. The van der Waals surface area contributed by atoms with Gasteiger partial charge in [-0.2, -0.15) is 0 Å². The van der Waals surface area contributed by atoms with Crippen LogP contribution >= 0.6 is 0 Å². The molecule has 1 heterocycles. The monoisotopic (exact) mass is 408 g/mol. The number of aryl methyl sites for hydroxylation is 3. The van der Waals surface area contributed by atoms with Gasteiger partial charge in [0.2, 0.25) is 5.91 Å². The summed E-state index contributed by atoms with van der Waals surface area (Å²) in [4.78, 5) is 36.8. The number of fused-ring (bicyclic) bond motifs is 1. The first kappa shape index (κ1) is 21.1. The second kappa shape index (κ2) is 8.82. The average molecular weight is 408 g/mol. The van der Waals surface area contributed by atoms with E-state index in [0.717, 1.165) is 22.4 Å². The number of rotatable bonds is 6. The molecule has 2 aromatic carbocycles. The summed E-state index contributed by atoms with van der Waals surface area (Å²) in [5.41, 5.74) is 3.51. The van der Waals surface area contributed by atoms with Crippen LogP contribution in [0.25, 0.3) is 10.8 Å². The molecule has 7 nitrogen and oxygen atoms in total. The fourth-order valence-electron chi connectivity index (χ4n) is 3.45. The summed E-state index contributed by atoms with van der Waals surface area (Å²) in [6.07, 6.45) is 1.55. The number of hydrogen-bond donors (Lipinski definition) is 1. The number of benzene rings is 2. The average Bonchev–Trinajstić information content (AvgIpc) is 2.71. The minimum atomic E-state index is -0.515. The molecule has 0 bridgehead atoms. The molecule has 0 unspecified atom stereocenters. The van der Waals surface area contributed by atoms with Crippen LogP contribution in [0.2, 0.25) is 0 Å². The van der Waals surface area contributed by atoms with Crippen molar-refractivity contribution in [2.24, 2.45) is 0 Å². The van der Waals surface area contributed by atoms with E-state index >= 15 is 0 Å². The summed E-state index contributed by atoms with van der Waals surface area (Å²) in [6.45, 7) is 5.51. The SMILES string of the molecule is COC(=O)COc1cccc2c(=O)n(CC(=O)Nc3c(C)cc(C)cc3C)ccc12. The Balaban J connectivity index is 1.83. The number of aromatic nitrogens is 1. The number of anilines is 1. The highest BCUT2D eigenvalue weighted by atomic mass is 16.6. The van der Waals surface area contributed by atoms with Gasteiger partial charge in [0.25, 0.3) is 5.56 Å². The van der Waals surface area contributed by atoms with E-state index in [1.165, 1.54) is 11.7 Å². The number of nitrogens with one attached hydrogen (secondary N) is 1. The van der Waals surface area contributed by atoms with Crippen LogP contribution in [0.4, 0.5) is 5.69 Å². The number of methoxy groups -OCH3 is 1. The topological polar surface area (TPSA) is 86.6 Å². The maximum atomic E-state index is 12.9. The molecule has 0 radical (unpaired) electrons. The van der Waals surface area contributed by atoms with Crippen molar-refractivity contribution in [2.75, 3.05) is 19.0 Å². The van der Waals surface area contributed by atoms with Crippen LogP contribution in [0, 0.1) is 20.8 Å². The highest BCUT2D eigenvalue weighted by Gasteiger charge is 2.13. The first-order chi connectivity index (χ1) is 14.3. The maximum absolute atomic E-state index is 12.9. The van der Waals surface area contributed by atoms with Gasteiger partial charge in [-0.15, -0.1) is 0 Å². The first-order valence-electron chi connectivity index (χ1n) is 9.49. The number of pyridine rings is 1. The highest BCUT2D eigenvalue weighted by Crippen LogP contribution is 2.24. The molecule has 1 amide bonds. The summed E-state index contributed by atoms with van der Waals surface area (Å²) in [7, 11) is 1.28. The third kappa shape index (κ3) is 4.51. The second-order valence-corrected chi connectivity index (χ2v) is 7.15. The zero-order valence-corrected chi connectivity index (χ0v) is 17.4. The molecule has 30 heavy (non-hydrogen) atoms. The molecule has 0 aliphatic heterocycles. The van der Waals surface area contributed by atoms with E-state index in [2.05, 4.69) is 10.1 Å². The minimum Gasteiger partial charge on any atom is -0.481 e. The zero-order chi connectivity index (χ0) is 21.8. The molecule has 7 heteroatoms. The van der Waals surface area contributed by atoms with E-state index in [1.807, 2.05) is 32.9 Å². The molecular weight excluding hydrogens is 384 g/mol. The van der Waals surface area contributed by atoms with E-state index in [1.54, 1.807) is 30.5 Å². The van der Waals surface area contributed by atoms with Crippen LogP contribution in [0.5, 0.6) is 5.75 Å². The summed E-state index contributed by atoms with van der Waals surface area (Å²) in [6, 6.07) is 10.7. The minimum absolute atomic E-state index is 0.116. The Kier molecular flexibility index (Phi) is 6.20. The third-order valence-electron chi connectivity index (χ3n) is 4.81. The zero-order valence-electron chi connectivity index (χ0n) is 17.4. The van der Waals surface area contributed by atoms with Gasteiger partial charge >= 0.3 is 5.97 Å². The number of amides is 1. The quantitative estimate of drug-likeness (QED) is 0.634. The molecule has 0 spiro atoms. The van der Waals surface area contributed by atoms with Crippen LogP contribution in [-0.2, 0) is 20.9 Å². The second-order valence-electron chi connectivity index (χ2n) is 7.15. The molecule has 0 aliphatic rings. The van der Waals surface area contributed by atoms with Crippen molar-refractivity contribution in [2.45, 2.75) is 27.3 Å². The van der Waals surface area contributed by atoms with Gasteiger partial charge in [0, 0.05) is 17.3 Å². The van der Waals surface area contributed by atoms with Crippen LogP contribution in [0.3, 0.4) is 0 Å². The summed E-state index contributed by atoms with van der Waals surface area (Å²) in [5, 5.41) is 3.87. The van der Waals surface area contributed by atoms with Gasteiger partial charge in [-0.1, -0.05) is 23.8 Å². The Bertz CT molecular complexity index is 1160. The first-order valence-corrected chi connectivity index (χ1v) is 9.49. The maximum Gasteiger partial charge on any atom is 0.343 e. The van der Waals surface area contributed by atoms with Gasteiger partial charge < -0.3 is 19.4 Å². The molecule has 0 atom stereocenters. The molecule has 3 aromatic rings. The van der Waals surface area contributed by atoms with Gasteiger partial charge in [0.15, 0.2) is 6.61 Å². The lowest BCUT2D eigenvalue weighted by molar-refractivity contribution is -0.142. The van der Waals surface area contributed by atoms with E-state index in [9.17, 15) is 14.4 Å². The standard InChI is InChI=1S/C23H24N2O5/c1-14-10-15(2)22(16(3)11-14)24-20(26)12-25-9-8-17-18(23(25)28)6-5-7-19(17)30-13-21(27)29-4/h5-11H,12-13H2,1-4H3,(H,24,26). The van der Waals surface area contributed by atoms with Gasteiger partial charge in [0.05, 0.1) is 12.5 Å². The Morgan fingerprint density at radius 2 is 1.73 bits per heavy atom. The van der Waals surface area contributed by atoms with E-state index < -0.39 is 5.97 Å². The largest absolute Gasteiger partial charge is 0.481 e. The smallest absolute Gasteiger partial charge is 0.343 e. The van der Waals surface area contributed by atoms with Crippen LogP contribution in [0.15, 0.2) is 47.4 Å². The normalized spacial score (nSPS) is 10.7. The number of ether oxygens (including phenoxy) is 2. The Labute approximate surface area is 174 Å². The van der Waals surface area contributed by atoms with Gasteiger partial charge in [-0.25, -0.2) is 4.79 Å². The van der Waals surface area contributed by atoms with Crippen LogP contribution < -0.4 is 15.6 Å². The number of carbonyl (C=O) groups excluding carboxylic acids is 2. The lowest BCUT2D eigenvalue weighted by Crippen LogP contribution is -2.27. The van der Waals surface area contributed by atoms with E-state index in [4.69, 9.17) is 4.74 Å². The Morgan fingerprint density at radius 3 is 2.40 bits per heavy atom. The van der Waals surface area contributed by atoms with Crippen LogP contribution in [-0.4, -0.2) is 30.2 Å². The predicted octanol–water partition coefficient (Wildman–Crippen LogP) is 3.12. The molecular formula is C23H24N2O5. The number of esters is 1. The van der Waals surface area contributed by atoms with Crippen molar-refractivity contribution >= 4 is 28.3 Å². The number of nitrogens with zero attached hydrogens (tertiary/aromatic N) is 1. The van der Waals surface area contributed by atoms with E-state index in [-0.39, 0.29) is 24.6 Å². The molecule has 1 aromatic heterocycles. The Hall–Kier alpha value is -3.61. The predicted molar refractivity (Wildman–Crippen MR) is 115 cm³/mol. The fraction of sp³-hybridized carbons (Fsp3) is 0.261. The van der Waals surface area contributed by atoms with Gasteiger partial charge in [-0.05, 0) is 50.1 Å². The molecule has 0 saturated heterocycles. The summed E-state index contributed by atoms with van der Waals surface area (Å²) < 4.78 is 11.4. The number of carbonyl (C=O) groups is 2. The molecule has 0 saturated carbocycles. The van der Waals surface area contributed by atoms with Crippen molar-refractivity contribution in [3.05, 3.63) is 69.6 Å². The van der Waals surface area contributed by atoms with Crippen molar-refractivity contribution in [3.8, 4) is 5.75 Å². The summed E-state index contributed by atoms with van der Waals surface area (Å²) in [5.74, 6) is -0.402. The van der Waals surface area contributed by atoms with Crippen LogP contribution in [0.1, 0.15) is 16.7 Å². The molecule has 156 valence electrons. The third-order valence-corrected chi connectivity index (χ3v) is 4.81. The van der Waals surface area contributed by atoms with Gasteiger partial charge in [0.1, 0.15) is 12.3 Å². The van der Waals surface area contributed by atoms with Crippen molar-refractivity contribution < 1.29 is 19.1 Å². The van der Waals surface area contributed by atoms with Crippen molar-refractivity contribution in [1.82, 2.24) is 4.57 Å². The fourth-order valence-corrected chi connectivity index (χ4v) is 3.45. The Morgan fingerprint density at radius 1 is 1.03 bits per heavy atom. The number of hydrogen-bond acceptors (Lipinski definition) is 5. The molecule has 3 rings (SSSR count).